The van der Waals surface area contributed by atoms with Gasteiger partial charge in [0.25, 0.3) is 0 Å². The second kappa shape index (κ2) is 5.22. The van der Waals surface area contributed by atoms with Crippen molar-refractivity contribution in [2.45, 2.75) is 31.5 Å². The molecule has 2 unspecified atom stereocenters. The van der Waals surface area contributed by atoms with Gasteiger partial charge in [0.2, 0.25) is 5.95 Å². The zero-order valence-corrected chi connectivity index (χ0v) is 11.5. The van der Waals surface area contributed by atoms with Crippen molar-refractivity contribution in [3.8, 4) is 0 Å². The summed E-state index contributed by atoms with van der Waals surface area (Å²) in [5.74, 6) is 1.11. The summed E-state index contributed by atoms with van der Waals surface area (Å²) < 4.78 is 7.35. The van der Waals surface area contributed by atoms with Crippen LogP contribution >= 0.6 is 0 Å². The van der Waals surface area contributed by atoms with Crippen LogP contribution in [-0.2, 0) is 11.3 Å². The first kappa shape index (κ1) is 13.1. The van der Waals surface area contributed by atoms with Crippen LogP contribution in [0.3, 0.4) is 0 Å². The molecule has 0 saturated heterocycles. The number of fused-ring (bicyclic) bond motifs is 1. The molecule has 2 heterocycles. The van der Waals surface area contributed by atoms with Crippen molar-refractivity contribution in [3.05, 3.63) is 41.2 Å². The molecular formula is C14H19N5O. The average molecular weight is 273 g/mol. The Labute approximate surface area is 117 Å². The summed E-state index contributed by atoms with van der Waals surface area (Å²) in [4.78, 5) is 4.30. The number of hydrogen-bond donors (Lipinski definition) is 2. The molecule has 1 aromatic carbocycles. The summed E-state index contributed by atoms with van der Waals surface area (Å²) in [6.07, 6.45) is 1.84. The highest BCUT2D eigenvalue weighted by atomic mass is 16.5. The molecule has 1 aromatic heterocycles. The Morgan fingerprint density at radius 1 is 1.30 bits per heavy atom. The largest absolute Gasteiger partial charge is 0.373 e. The first-order valence-electron chi connectivity index (χ1n) is 6.76. The zero-order valence-electron chi connectivity index (χ0n) is 11.5. The van der Waals surface area contributed by atoms with Gasteiger partial charge in [-0.1, -0.05) is 24.3 Å². The number of rotatable bonds is 3. The molecule has 0 radical (unpaired) electrons. The number of nitrogens with zero attached hydrogens (tertiary/aromatic N) is 3. The number of hydrogen-bond acceptors (Lipinski definition) is 5. The summed E-state index contributed by atoms with van der Waals surface area (Å²) >= 11 is 0. The second-order valence-corrected chi connectivity index (χ2v) is 5.04. The fraction of sp³-hybridized carbons (Fsp3) is 0.429. The van der Waals surface area contributed by atoms with Gasteiger partial charge in [0.05, 0.1) is 6.04 Å². The van der Waals surface area contributed by atoms with Crippen molar-refractivity contribution < 1.29 is 4.74 Å². The van der Waals surface area contributed by atoms with Crippen LogP contribution in [0, 0.1) is 0 Å². The van der Waals surface area contributed by atoms with Crippen molar-refractivity contribution in [3.63, 3.8) is 0 Å². The van der Waals surface area contributed by atoms with E-state index in [1.54, 1.807) is 7.11 Å². The van der Waals surface area contributed by atoms with Crippen LogP contribution in [0.2, 0.25) is 0 Å². The first-order valence-corrected chi connectivity index (χ1v) is 6.76. The lowest BCUT2D eigenvalue weighted by molar-refractivity contribution is 0.0649. The van der Waals surface area contributed by atoms with E-state index < -0.39 is 0 Å². The summed E-state index contributed by atoms with van der Waals surface area (Å²) in [6.45, 7) is 0.554. The maximum atomic E-state index is 5.75. The van der Waals surface area contributed by atoms with Crippen LogP contribution in [0.25, 0.3) is 0 Å². The zero-order chi connectivity index (χ0) is 14.1. The number of benzene rings is 1. The second-order valence-electron chi connectivity index (χ2n) is 5.04. The molecule has 0 fully saturated rings. The average Bonchev–Trinajstić information content (AvgIpc) is 2.87. The number of nitrogens with two attached hydrogens (primary N) is 2. The van der Waals surface area contributed by atoms with E-state index in [9.17, 15) is 0 Å². The molecule has 0 amide bonds. The van der Waals surface area contributed by atoms with Crippen LogP contribution in [-0.4, -0.2) is 21.9 Å². The lowest BCUT2D eigenvalue weighted by atomic mass is 9.95. The van der Waals surface area contributed by atoms with E-state index in [1.807, 2.05) is 4.68 Å². The van der Waals surface area contributed by atoms with Gasteiger partial charge in [-0.2, -0.15) is 4.98 Å². The van der Waals surface area contributed by atoms with Gasteiger partial charge in [0, 0.05) is 13.7 Å². The van der Waals surface area contributed by atoms with Crippen LogP contribution in [0.4, 0.5) is 5.95 Å². The molecule has 1 aliphatic rings. The number of aromatic nitrogens is 3. The maximum Gasteiger partial charge on any atom is 0.239 e. The fourth-order valence-electron chi connectivity index (χ4n) is 2.77. The molecule has 106 valence electrons. The van der Waals surface area contributed by atoms with Gasteiger partial charge in [0.1, 0.15) is 6.10 Å². The lowest BCUT2D eigenvalue weighted by Crippen LogP contribution is -2.24. The third-order valence-electron chi connectivity index (χ3n) is 3.84. The van der Waals surface area contributed by atoms with E-state index in [4.69, 9.17) is 16.2 Å². The van der Waals surface area contributed by atoms with Gasteiger partial charge >= 0.3 is 0 Å². The third kappa shape index (κ3) is 2.17. The van der Waals surface area contributed by atoms with Gasteiger partial charge in [-0.15, -0.1) is 5.10 Å². The van der Waals surface area contributed by atoms with E-state index in [1.165, 1.54) is 5.56 Å². The Morgan fingerprint density at radius 2 is 2.05 bits per heavy atom. The number of ether oxygens (including phenoxy) is 1. The van der Waals surface area contributed by atoms with E-state index in [2.05, 4.69) is 34.3 Å². The summed E-state index contributed by atoms with van der Waals surface area (Å²) in [5, 5.41) is 4.33. The van der Waals surface area contributed by atoms with E-state index in [0.717, 1.165) is 24.2 Å². The predicted molar refractivity (Wildman–Crippen MR) is 75.9 cm³/mol. The Kier molecular flexibility index (Phi) is 3.42. The Balaban J connectivity index is 1.97. The van der Waals surface area contributed by atoms with Crippen molar-refractivity contribution in [2.75, 3.05) is 12.8 Å². The predicted octanol–water partition coefficient (Wildman–Crippen LogP) is 1.39. The summed E-state index contributed by atoms with van der Waals surface area (Å²) in [6, 6.07) is 8.46. The molecule has 6 nitrogen and oxygen atoms in total. The molecule has 3 rings (SSSR count). The number of methoxy groups -OCH3 is 1. The minimum Gasteiger partial charge on any atom is -0.373 e. The van der Waals surface area contributed by atoms with Gasteiger partial charge in [-0.3, -0.25) is 0 Å². The smallest absolute Gasteiger partial charge is 0.239 e. The van der Waals surface area contributed by atoms with Gasteiger partial charge in [-0.25, -0.2) is 4.68 Å². The minimum atomic E-state index is -0.0284. The standard InChI is InChI=1S/C14H19N5O/c1-20-12-7-6-11(19-13(12)17-14(16)18-19)10-4-2-9(8-15)3-5-10/h2-5,11-12H,6-8,15H2,1H3,(H2,16,18). The maximum absolute atomic E-state index is 5.75. The Morgan fingerprint density at radius 3 is 2.70 bits per heavy atom. The highest BCUT2D eigenvalue weighted by Gasteiger charge is 2.30. The molecule has 0 saturated carbocycles. The Hall–Kier alpha value is -1.92. The first-order chi connectivity index (χ1) is 9.72. The Bertz CT molecular complexity index is 592. The van der Waals surface area contributed by atoms with Crippen molar-refractivity contribution in [1.82, 2.24) is 14.8 Å². The van der Waals surface area contributed by atoms with Crippen molar-refractivity contribution in [1.29, 1.82) is 0 Å². The van der Waals surface area contributed by atoms with E-state index in [0.29, 0.717) is 12.5 Å². The van der Waals surface area contributed by atoms with Crippen molar-refractivity contribution in [2.24, 2.45) is 5.73 Å². The van der Waals surface area contributed by atoms with Crippen LogP contribution in [0.5, 0.6) is 0 Å². The number of anilines is 1. The summed E-state index contributed by atoms with van der Waals surface area (Å²) in [5.41, 5.74) is 13.7. The lowest BCUT2D eigenvalue weighted by Gasteiger charge is -2.28. The molecule has 4 N–H and O–H groups in total. The van der Waals surface area contributed by atoms with Gasteiger partial charge < -0.3 is 16.2 Å². The SMILES string of the molecule is COC1CCC(c2ccc(CN)cc2)n2nc(N)nc21. The van der Waals surface area contributed by atoms with Crippen LogP contribution in [0.1, 0.15) is 41.9 Å². The highest BCUT2D eigenvalue weighted by Crippen LogP contribution is 2.36. The minimum absolute atomic E-state index is 0.0284. The van der Waals surface area contributed by atoms with Gasteiger partial charge in [-0.05, 0) is 24.0 Å². The number of nitrogen functional groups attached to an aromatic ring is 1. The molecular weight excluding hydrogens is 254 g/mol. The summed E-state index contributed by atoms with van der Waals surface area (Å²) in [7, 11) is 1.69. The molecule has 2 aromatic rings. The van der Waals surface area contributed by atoms with Crippen molar-refractivity contribution >= 4 is 5.95 Å². The molecule has 2 atom stereocenters. The van der Waals surface area contributed by atoms with E-state index >= 15 is 0 Å². The molecule has 0 spiro atoms. The molecule has 0 bridgehead atoms. The molecule has 1 aliphatic heterocycles. The quantitative estimate of drug-likeness (QED) is 0.881. The third-order valence-corrected chi connectivity index (χ3v) is 3.84. The topological polar surface area (TPSA) is 92.0 Å². The molecule has 6 heteroatoms. The van der Waals surface area contributed by atoms with E-state index in [-0.39, 0.29) is 12.1 Å². The fourth-order valence-corrected chi connectivity index (χ4v) is 2.77. The molecule has 0 aliphatic carbocycles. The highest BCUT2D eigenvalue weighted by molar-refractivity contribution is 5.28. The van der Waals surface area contributed by atoms with Crippen LogP contribution < -0.4 is 11.5 Å². The monoisotopic (exact) mass is 273 g/mol. The molecule has 20 heavy (non-hydrogen) atoms. The van der Waals surface area contributed by atoms with Gasteiger partial charge in [0.15, 0.2) is 5.82 Å². The normalized spacial score (nSPS) is 21.7. The van der Waals surface area contributed by atoms with Crippen LogP contribution in [0.15, 0.2) is 24.3 Å².